The lowest BCUT2D eigenvalue weighted by Crippen LogP contribution is -2.38. The average molecular weight is 283 g/mol. The van der Waals surface area contributed by atoms with Crippen LogP contribution < -0.4 is 10.1 Å². The molecule has 0 aromatic heterocycles. The summed E-state index contributed by atoms with van der Waals surface area (Å²) in [6.45, 7) is 2.10. The molecule has 5 heteroatoms. The number of ether oxygens (including phenoxy) is 1. The van der Waals surface area contributed by atoms with Crippen LogP contribution in [0.1, 0.15) is 31.4 Å². The Bertz CT molecular complexity index is 513. The Hall–Kier alpha value is -1.07. The Balaban J connectivity index is 1.95. The van der Waals surface area contributed by atoms with Crippen molar-refractivity contribution in [2.24, 2.45) is 0 Å². The van der Waals surface area contributed by atoms with Gasteiger partial charge in [0, 0.05) is 12.1 Å². The van der Waals surface area contributed by atoms with Gasteiger partial charge in [0.25, 0.3) is 0 Å². The summed E-state index contributed by atoms with van der Waals surface area (Å²) in [6.07, 6.45) is 1.41. The van der Waals surface area contributed by atoms with Crippen LogP contribution in [0.25, 0.3) is 0 Å². The number of benzene rings is 1. The van der Waals surface area contributed by atoms with Crippen LogP contribution in [-0.2, 0) is 9.84 Å². The van der Waals surface area contributed by atoms with Crippen LogP contribution in [0.15, 0.2) is 24.3 Å². The van der Waals surface area contributed by atoms with Crippen molar-refractivity contribution in [3.8, 4) is 5.75 Å². The predicted molar refractivity (Wildman–Crippen MR) is 76.2 cm³/mol. The fraction of sp³-hybridized carbons (Fsp3) is 0.571. The van der Waals surface area contributed by atoms with Crippen molar-refractivity contribution in [1.29, 1.82) is 0 Å². The third-order valence-corrected chi connectivity index (χ3v) is 5.35. The number of methoxy groups -OCH3 is 1. The van der Waals surface area contributed by atoms with Crippen LogP contribution in [-0.4, -0.2) is 33.1 Å². The number of sulfone groups is 1. The molecular weight excluding hydrogens is 262 g/mol. The number of hydrogen-bond donors (Lipinski definition) is 1. The summed E-state index contributed by atoms with van der Waals surface area (Å²) >= 11 is 0. The third kappa shape index (κ3) is 3.94. The minimum absolute atomic E-state index is 0.195. The Morgan fingerprint density at radius 3 is 2.63 bits per heavy atom. The Labute approximate surface area is 115 Å². The molecule has 0 aliphatic carbocycles. The van der Waals surface area contributed by atoms with Gasteiger partial charge in [-0.05, 0) is 37.5 Å². The van der Waals surface area contributed by atoms with Gasteiger partial charge < -0.3 is 10.1 Å². The lowest BCUT2D eigenvalue weighted by molar-refractivity contribution is 0.406. The first-order chi connectivity index (χ1) is 9.00. The quantitative estimate of drug-likeness (QED) is 0.917. The van der Waals surface area contributed by atoms with Gasteiger partial charge in [-0.3, -0.25) is 0 Å². The van der Waals surface area contributed by atoms with E-state index in [1.165, 1.54) is 0 Å². The summed E-state index contributed by atoms with van der Waals surface area (Å²) in [4.78, 5) is 0. The molecule has 106 valence electrons. The molecule has 1 heterocycles. The molecule has 1 N–H and O–H groups in total. The molecule has 1 saturated heterocycles. The van der Waals surface area contributed by atoms with E-state index in [-0.39, 0.29) is 12.1 Å². The summed E-state index contributed by atoms with van der Waals surface area (Å²) in [5.74, 6) is 1.45. The Morgan fingerprint density at radius 1 is 1.32 bits per heavy atom. The molecule has 0 spiro atoms. The normalized spacial score (nSPS) is 20.9. The van der Waals surface area contributed by atoms with Gasteiger partial charge in [0.2, 0.25) is 0 Å². The van der Waals surface area contributed by atoms with Crippen LogP contribution in [0.5, 0.6) is 5.75 Å². The smallest absolute Gasteiger partial charge is 0.150 e. The van der Waals surface area contributed by atoms with Gasteiger partial charge in [-0.25, -0.2) is 8.42 Å². The fourth-order valence-electron chi connectivity index (χ4n) is 2.42. The monoisotopic (exact) mass is 283 g/mol. The zero-order valence-corrected chi connectivity index (χ0v) is 12.2. The van der Waals surface area contributed by atoms with Crippen molar-refractivity contribution in [2.75, 3.05) is 18.6 Å². The first kappa shape index (κ1) is 14.3. The summed E-state index contributed by atoms with van der Waals surface area (Å²) in [7, 11) is -1.13. The van der Waals surface area contributed by atoms with Gasteiger partial charge in [0.15, 0.2) is 0 Å². The zero-order valence-electron chi connectivity index (χ0n) is 11.4. The number of rotatable bonds is 4. The van der Waals surface area contributed by atoms with E-state index >= 15 is 0 Å². The second-order valence-electron chi connectivity index (χ2n) is 5.09. The molecule has 0 saturated carbocycles. The van der Waals surface area contributed by atoms with Gasteiger partial charge in [0.05, 0.1) is 18.6 Å². The van der Waals surface area contributed by atoms with Crippen molar-refractivity contribution in [1.82, 2.24) is 5.32 Å². The summed E-state index contributed by atoms with van der Waals surface area (Å²) < 4.78 is 28.0. The lowest BCUT2D eigenvalue weighted by atomic mass is 10.1. The first-order valence-electron chi connectivity index (χ1n) is 6.60. The molecule has 0 unspecified atom stereocenters. The highest BCUT2D eigenvalue weighted by Gasteiger charge is 2.24. The molecule has 2 rings (SSSR count). The fourth-order valence-corrected chi connectivity index (χ4v) is 3.91. The van der Waals surface area contributed by atoms with Crippen LogP contribution in [0.2, 0.25) is 0 Å². The van der Waals surface area contributed by atoms with E-state index in [0.717, 1.165) is 11.3 Å². The van der Waals surface area contributed by atoms with E-state index in [0.29, 0.717) is 24.3 Å². The van der Waals surface area contributed by atoms with Gasteiger partial charge in [-0.15, -0.1) is 0 Å². The van der Waals surface area contributed by atoms with Crippen molar-refractivity contribution < 1.29 is 13.2 Å². The molecule has 1 aromatic rings. The highest BCUT2D eigenvalue weighted by atomic mass is 32.2. The van der Waals surface area contributed by atoms with Crippen molar-refractivity contribution in [3.63, 3.8) is 0 Å². The number of hydrogen-bond acceptors (Lipinski definition) is 4. The largest absolute Gasteiger partial charge is 0.497 e. The van der Waals surface area contributed by atoms with Gasteiger partial charge in [-0.2, -0.15) is 0 Å². The maximum atomic E-state index is 11.4. The molecule has 1 fully saturated rings. The molecule has 1 aliphatic rings. The van der Waals surface area contributed by atoms with Crippen LogP contribution in [0.3, 0.4) is 0 Å². The van der Waals surface area contributed by atoms with Crippen molar-refractivity contribution >= 4 is 9.84 Å². The molecule has 0 amide bonds. The summed E-state index contributed by atoms with van der Waals surface area (Å²) in [5, 5.41) is 3.50. The Morgan fingerprint density at radius 2 is 2.00 bits per heavy atom. The zero-order chi connectivity index (χ0) is 13.9. The lowest BCUT2D eigenvalue weighted by Gasteiger charge is -2.27. The van der Waals surface area contributed by atoms with Crippen LogP contribution >= 0.6 is 0 Å². The van der Waals surface area contributed by atoms with Crippen molar-refractivity contribution in [2.45, 2.75) is 31.8 Å². The van der Waals surface area contributed by atoms with E-state index in [2.05, 4.69) is 18.3 Å². The van der Waals surface area contributed by atoms with Crippen LogP contribution in [0.4, 0.5) is 0 Å². The van der Waals surface area contributed by atoms with E-state index in [9.17, 15) is 8.42 Å². The standard InChI is InChI=1S/C14H21NO3S/c1-11(12-4-3-5-14(10-12)18-2)15-13-6-8-19(16,17)9-7-13/h3-5,10-11,13,15H,6-9H2,1-2H3/t11-/m0/s1. The van der Waals surface area contributed by atoms with Crippen LogP contribution in [0, 0.1) is 0 Å². The van der Waals surface area contributed by atoms with Gasteiger partial charge >= 0.3 is 0 Å². The molecule has 0 radical (unpaired) electrons. The Kier molecular flexibility index (Phi) is 4.47. The van der Waals surface area contributed by atoms with Crippen molar-refractivity contribution in [3.05, 3.63) is 29.8 Å². The van der Waals surface area contributed by atoms with Gasteiger partial charge in [0.1, 0.15) is 15.6 Å². The third-order valence-electron chi connectivity index (χ3n) is 3.63. The van der Waals surface area contributed by atoms with E-state index in [4.69, 9.17) is 4.74 Å². The maximum absolute atomic E-state index is 11.4. The average Bonchev–Trinajstić information content (AvgIpc) is 2.41. The second kappa shape index (κ2) is 5.92. The first-order valence-corrected chi connectivity index (χ1v) is 8.43. The highest BCUT2D eigenvalue weighted by molar-refractivity contribution is 7.91. The predicted octanol–water partition coefficient (Wildman–Crippen LogP) is 1.92. The molecule has 4 nitrogen and oxygen atoms in total. The second-order valence-corrected chi connectivity index (χ2v) is 7.39. The SMILES string of the molecule is COc1cccc([C@H](C)NC2CCS(=O)(=O)CC2)c1. The molecule has 1 aliphatic heterocycles. The summed E-state index contributed by atoms with van der Waals surface area (Å²) in [5.41, 5.74) is 1.16. The van der Waals surface area contributed by atoms with E-state index in [1.807, 2.05) is 18.2 Å². The molecule has 1 aromatic carbocycles. The highest BCUT2D eigenvalue weighted by Crippen LogP contribution is 2.21. The molecule has 19 heavy (non-hydrogen) atoms. The van der Waals surface area contributed by atoms with Gasteiger partial charge in [-0.1, -0.05) is 12.1 Å². The number of nitrogens with one attached hydrogen (secondary N) is 1. The minimum Gasteiger partial charge on any atom is -0.497 e. The molecular formula is C14H21NO3S. The minimum atomic E-state index is -2.79. The molecule has 0 bridgehead atoms. The van der Waals surface area contributed by atoms with E-state index < -0.39 is 9.84 Å². The summed E-state index contributed by atoms with van der Waals surface area (Å²) in [6, 6.07) is 8.43. The molecule has 1 atom stereocenters. The maximum Gasteiger partial charge on any atom is 0.150 e. The topological polar surface area (TPSA) is 55.4 Å². The van der Waals surface area contributed by atoms with E-state index in [1.54, 1.807) is 7.11 Å².